The maximum absolute atomic E-state index is 11.0. The second-order valence-electron chi connectivity index (χ2n) is 2.66. The van der Waals surface area contributed by atoms with E-state index in [9.17, 15) is 4.79 Å². The summed E-state index contributed by atoms with van der Waals surface area (Å²) in [5, 5.41) is 2.99. The molecule has 1 N–H and O–H groups in total. The number of amides is 1. The zero-order chi connectivity index (χ0) is 9.40. The van der Waals surface area contributed by atoms with E-state index in [1.807, 2.05) is 6.92 Å². The van der Waals surface area contributed by atoms with E-state index in [0.29, 0.717) is 13.2 Å². The summed E-state index contributed by atoms with van der Waals surface area (Å²) in [4.78, 5) is 12.6. The lowest BCUT2D eigenvalue weighted by molar-refractivity contribution is -0.127. The van der Waals surface area contributed by atoms with Crippen molar-refractivity contribution in [3.63, 3.8) is 0 Å². The lowest BCUT2D eigenvalue weighted by atomic mass is 10.5. The van der Waals surface area contributed by atoms with Gasteiger partial charge >= 0.3 is 0 Å². The van der Waals surface area contributed by atoms with Crippen molar-refractivity contribution < 1.29 is 9.53 Å². The van der Waals surface area contributed by atoms with Crippen LogP contribution in [0, 0.1) is 0 Å². The van der Waals surface area contributed by atoms with E-state index in [1.165, 1.54) is 0 Å². The highest BCUT2D eigenvalue weighted by molar-refractivity contribution is 5.77. The second-order valence-corrected chi connectivity index (χ2v) is 2.66. The molecule has 0 aromatic carbocycles. The Labute approximate surface area is 73.9 Å². The van der Waals surface area contributed by atoms with E-state index in [4.69, 9.17) is 4.74 Å². The number of likely N-dealkylation sites (N-methyl/N-ethyl adjacent to an activating group) is 1. The molecule has 0 aromatic rings. The number of ether oxygens (including phenoxy) is 1. The third-order valence-corrected chi connectivity index (χ3v) is 1.40. The van der Waals surface area contributed by atoms with Crippen molar-refractivity contribution in [3.05, 3.63) is 0 Å². The second kappa shape index (κ2) is 7.06. The first-order valence-electron chi connectivity index (χ1n) is 4.17. The van der Waals surface area contributed by atoms with Gasteiger partial charge in [-0.25, -0.2) is 0 Å². The quantitative estimate of drug-likeness (QED) is 0.562. The Hall–Kier alpha value is -0.610. The molecule has 0 fully saturated rings. The van der Waals surface area contributed by atoms with Crippen LogP contribution in [0.25, 0.3) is 0 Å². The summed E-state index contributed by atoms with van der Waals surface area (Å²) in [6, 6.07) is 0. The Morgan fingerprint density at radius 3 is 2.67 bits per heavy atom. The highest BCUT2D eigenvalue weighted by Gasteiger charge is 2.00. The predicted octanol–water partition coefficient (Wildman–Crippen LogP) is -0.299. The molecule has 0 heterocycles. The van der Waals surface area contributed by atoms with E-state index in [-0.39, 0.29) is 5.91 Å². The van der Waals surface area contributed by atoms with Crippen LogP contribution in [0.3, 0.4) is 0 Å². The number of carbonyl (C=O) groups excluding carboxylic acids is 1. The maximum Gasteiger partial charge on any atom is 0.236 e. The van der Waals surface area contributed by atoms with Crippen molar-refractivity contribution in [3.8, 4) is 0 Å². The van der Waals surface area contributed by atoms with Crippen molar-refractivity contribution in [2.24, 2.45) is 0 Å². The summed E-state index contributed by atoms with van der Waals surface area (Å²) in [6.07, 6.45) is 0. The molecule has 0 aliphatic heterocycles. The Morgan fingerprint density at radius 1 is 1.50 bits per heavy atom. The minimum Gasteiger partial charge on any atom is -0.380 e. The monoisotopic (exact) mass is 174 g/mol. The van der Waals surface area contributed by atoms with Gasteiger partial charge in [-0.05, 0) is 6.92 Å². The van der Waals surface area contributed by atoms with Gasteiger partial charge in [0, 0.05) is 27.2 Å². The maximum atomic E-state index is 11.0. The summed E-state index contributed by atoms with van der Waals surface area (Å²) in [5.74, 6) is 0.0894. The van der Waals surface area contributed by atoms with Crippen molar-refractivity contribution in [2.75, 3.05) is 40.4 Å². The Morgan fingerprint density at radius 2 is 2.17 bits per heavy atom. The fourth-order valence-electron chi connectivity index (χ4n) is 0.642. The minimum atomic E-state index is 0.0894. The Bertz CT molecular complexity index is 126. The van der Waals surface area contributed by atoms with Gasteiger partial charge in [-0.15, -0.1) is 0 Å². The van der Waals surface area contributed by atoms with Gasteiger partial charge in [0.25, 0.3) is 0 Å². The molecule has 0 spiro atoms. The summed E-state index contributed by atoms with van der Waals surface area (Å²) in [6.45, 7) is 4.46. The number of hydrogen-bond acceptors (Lipinski definition) is 3. The molecule has 0 aliphatic rings. The SMILES string of the molecule is CCOCCNCC(=O)N(C)C. The Balaban J connectivity index is 3.14. The molecule has 72 valence electrons. The van der Waals surface area contributed by atoms with E-state index >= 15 is 0 Å². The van der Waals surface area contributed by atoms with Crippen LogP contribution in [0.4, 0.5) is 0 Å². The zero-order valence-corrected chi connectivity index (χ0v) is 8.09. The highest BCUT2D eigenvalue weighted by atomic mass is 16.5. The van der Waals surface area contributed by atoms with E-state index in [1.54, 1.807) is 19.0 Å². The van der Waals surface area contributed by atoms with Crippen LogP contribution in [0.1, 0.15) is 6.92 Å². The fourth-order valence-corrected chi connectivity index (χ4v) is 0.642. The van der Waals surface area contributed by atoms with E-state index < -0.39 is 0 Å². The highest BCUT2D eigenvalue weighted by Crippen LogP contribution is 1.76. The summed E-state index contributed by atoms with van der Waals surface area (Å²) in [5.41, 5.74) is 0. The van der Waals surface area contributed by atoms with Gasteiger partial charge < -0.3 is 15.0 Å². The number of carbonyl (C=O) groups is 1. The van der Waals surface area contributed by atoms with Crippen LogP contribution >= 0.6 is 0 Å². The number of rotatable bonds is 6. The molecule has 0 aliphatic carbocycles. The van der Waals surface area contributed by atoms with Gasteiger partial charge in [0.15, 0.2) is 0 Å². The van der Waals surface area contributed by atoms with Gasteiger partial charge in [0.2, 0.25) is 5.91 Å². The lowest BCUT2D eigenvalue weighted by Crippen LogP contribution is -2.34. The van der Waals surface area contributed by atoms with E-state index in [2.05, 4.69) is 5.32 Å². The average molecular weight is 174 g/mol. The standard InChI is InChI=1S/C8H18N2O2/c1-4-12-6-5-9-7-8(11)10(2)3/h9H,4-7H2,1-3H3. The summed E-state index contributed by atoms with van der Waals surface area (Å²) in [7, 11) is 3.49. The third-order valence-electron chi connectivity index (χ3n) is 1.40. The van der Waals surface area contributed by atoms with Gasteiger partial charge in [-0.3, -0.25) is 4.79 Å². The molecule has 12 heavy (non-hydrogen) atoms. The topological polar surface area (TPSA) is 41.6 Å². The number of nitrogens with zero attached hydrogens (tertiary/aromatic N) is 1. The lowest BCUT2D eigenvalue weighted by Gasteiger charge is -2.10. The molecule has 0 aromatic heterocycles. The van der Waals surface area contributed by atoms with Gasteiger partial charge in [0.05, 0.1) is 13.2 Å². The normalized spacial score (nSPS) is 9.92. The molecule has 0 atom stereocenters. The van der Waals surface area contributed by atoms with Crippen LogP contribution < -0.4 is 5.32 Å². The fraction of sp³-hybridized carbons (Fsp3) is 0.875. The number of hydrogen-bond donors (Lipinski definition) is 1. The first kappa shape index (κ1) is 11.4. The first-order chi connectivity index (χ1) is 5.68. The van der Waals surface area contributed by atoms with Crippen LogP contribution in [0.2, 0.25) is 0 Å². The van der Waals surface area contributed by atoms with Crippen molar-refractivity contribution in [2.45, 2.75) is 6.92 Å². The molecule has 0 bridgehead atoms. The Kier molecular flexibility index (Phi) is 6.70. The molecule has 0 radical (unpaired) electrons. The molecular weight excluding hydrogens is 156 g/mol. The van der Waals surface area contributed by atoms with Crippen molar-refractivity contribution >= 4 is 5.91 Å². The van der Waals surface area contributed by atoms with Gasteiger partial charge in [0.1, 0.15) is 0 Å². The first-order valence-corrected chi connectivity index (χ1v) is 4.17. The molecule has 0 unspecified atom stereocenters. The summed E-state index contributed by atoms with van der Waals surface area (Å²) < 4.78 is 5.09. The number of nitrogens with one attached hydrogen (secondary N) is 1. The molecule has 1 amide bonds. The minimum absolute atomic E-state index is 0.0894. The van der Waals surface area contributed by atoms with E-state index in [0.717, 1.165) is 13.2 Å². The van der Waals surface area contributed by atoms with Gasteiger partial charge in [-0.1, -0.05) is 0 Å². The van der Waals surface area contributed by atoms with Crippen molar-refractivity contribution in [1.82, 2.24) is 10.2 Å². The molecular formula is C8H18N2O2. The predicted molar refractivity (Wildman–Crippen MR) is 48.1 cm³/mol. The molecule has 0 saturated carbocycles. The molecule has 0 rings (SSSR count). The molecule has 4 nitrogen and oxygen atoms in total. The molecule has 4 heteroatoms. The zero-order valence-electron chi connectivity index (χ0n) is 8.09. The largest absolute Gasteiger partial charge is 0.380 e. The van der Waals surface area contributed by atoms with Crippen LogP contribution in [0.15, 0.2) is 0 Å². The van der Waals surface area contributed by atoms with Crippen molar-refractivity contribution in [1.29, 1.82) is 0 Å². The van der Waals surface area contributed by atoms with Crippen LogP contribution in [0.5, 0.6) is 0 Å². The third kappa shape index (κ3) is 6.12. The summed E-state index contributed by atoms with van der Waals surface area (Å²) >= 11 is 0. The smallest absolute Gasteiger partial charge is 0.236 e. The van der Waals surface area contributed by atoms with Crippen LogP contribution in [-0.2, 0) is 9.53 Å². The average Bonchev–Trinajstić information content (AvgIpc) is 2.03. The van der Waals surface area contributed by atoms with Crippen LogP contribution in [-0.4, -0.2) is 51.2 Å². The molecule has 0 saturated heterocycles. The van der Waals surface area contributed by atoms with Gasteiger partial charge in [-0.2, -0.15) is 0 Å².